The van der Waals surface area contributed by atoms with Gasteiger partial charge in [0.05, 0.1) is 0 Å². The summed E-state index contributed by atoms with van der Waals surface area (Å²) in [7, 11) is 0. The van der Waals surface area contributed by atoms with Crippen LogP contribution < -0.4 is 4.74 Å². The Kier molecular flexibility index (Phi) is 9.22. The first-order valence-corrected chi connectivity index (χ1v) is 10.5. The van der Waals surface area contributed by atoms with Crippen LogP contribution in [0.5, 0.6) is 5.75 Å². The minimum atomic E-state index is -1.27. The van der Waals surface area contributed by atoms with Crippen molar-refractivity contribution < 1.29 is 47.6 Å². The predicted molar refractivity (Wildman–Crippen MR) is 113 cm³/mol. The summed E-state index contributed by atoms with van der Waals surface area (Å²) in [5, 5.41) is 0. The third-order valence-corrected chi connectivity index (χ3v) is 4.75. The van der Waals surface area contributed by atoms with Crippen LogP contribution in [-0.4, -0.2) is 61.2 Å². The Morgan fingerprint density at radius 1 is 0.788 bits per heavy atom. The summed E-state index contributed by atoms with van der Waals surface area (Å²) in [6.45, 7) is 8.49. The topological polar surface area (TPSA) is 124 Å². The van der Waals surface area contributed by atoms with Gasteiger partial charge in [0, 0.05) is 27.7 Å². The number of ether oxygens (including phenoxy) is 6. The van der Waals surface area contributed by atoms with E-state index in [0.717, 1.165) is 19.4 Å². The normalized spacial score (nSPS) is 24.5. The van der Waals surface area contributed by atoms with Crippen molar-refractivity contribution in [3.05, 3.63) is 29.8 Å². The molecule has 1 aliphatic rings. The molecule has 1 aliphatic heterocycles. The highest BCUT2D eigenvalue weighted by atomic mass is 16.7. The van der Waals surface area contributed by atoms with Crippen molar-refractivity contribution >= 4 is 23.9 Å². The molecular formula is C23H30O10. The Hall–Kier alpha value is -3.14. The number of carbonyl (C=O) groups is 4. The monoisotopic (exact) mass is 466 g/mol. The average molecular weight is 466 g/mol. The molecule has 1 aromatic carbocycles. The van der Waals surface area contributed by atoms with Crippen LogP contribution in [0.3, 0.4) is 0 Å². The summed E-state index contributed by atoms with van der Waals surface area (Å²) < 4.78 is 33.0. The summed E-state index contributed by atoms with van der Waals surface area (Å²) in [6, 6.07) is 7.21. The molecule has 0 amide bonds. The van der Waals surface area contributed by atoms with Crippen LogP contribution in [0.2, 0.25) is 0 Å². The molecule has 1 saturated heterocycles. The van der Waals surface area contributed by atoms with Gasteiger partial charge in [-0.25, -0.2) is 0 Å². The summed E-state index contributed by atoms with van der Waals surface area (Å²) >= 11 is 0. The SMILES string of the molecule is CC(=O)OCC1O[C@H](Oc2ccc(C(C)C)cc2)C(OC(C)=O)[C@@H](OC(C)=O)[C@@H]1OC(C)=O. The molecule has 5 atom stereocenters. The standard InChI is InChI=1S/C23H30O10/c1-12(2)17-7-9-18(10-8-17)32-23-22(31-16(6)27)21(30-15(5)26)20(29-14(4)25)19(33-23)11-28-13(3)24/h7-10,12,19-23H,11H2,1-6H3/t19?,20-,21+,22?,23+/m1/s1. The largest absolute Gasteiger partial charge is 0.463 e. The number of benzene rings is 1. The molecule has 0 aliphatic carbocycles. The summed E-state index contributed by atoms with van der Waals surface area (Å²) in [4.78, 5) is 46.8. The smallest absolute Gasteiger partial charge is 0.303 e. The van der Waals surface area contributed by atoms with Crippen molar-refractivity contribution in [3.8, 4) is 5.75 Å². The van der Waals surface area contributed by atoms with Crippen LogP contribution in [-0.2, 0) is 42.9 Å². The average Bonchev–Trinajstić information content (AvgIpc) is 2.70. The first kappa shape index (κ1) is 26.1. The molecular weight excluding hydrogens is 436 g/mol. The third-order valence-electron chi connectivity index (χ3n) is 4.75. The lowest BCUT2D eigenvalue weighted by atomic mass is 9.98. The molecule has 0 aromatic heterocycles. The van der Waals surface area contributed by atoms with Gasteiger partial charge in [0.2, 0.25) is 12.4 Å². The summed E-state index contributed by atoms with van der Waals surface area (Å²) in [5.74, 6) is -1.97. The predicted octanol–water partition coefficient (Wildman–Crippen LogP) is 2.27. The zero-order valence-corrected chi connectivity index (χ0v) is 19.6. The maximum Gasteiger partial charge on any atom is 0.303 e. The van der Waals surface area contributed by atoms with Gasteiger partial charge >= 0.3 is 23.9 Å². The Morgan fingerprint density at radius 2 is 1.30 bits per heavy atom. The van der Waals surface area contributed by atoms with E-state index in [4.69, 9.17) is 28.4 Å². The Labute approximate surface area is 192 Å². The Morgan fingerprint density at radius 3 is 1.79 bits per heavy atom. The van der Waals surface area contributed by atoms with Crippen LogP contribution >= 0.6 is 0 Å². The van der Waals surface area contributed by atoms with E-state index in [1.54, 1.807) is 12.1 Å². The van der Waals surface area contributed by atoms with Gasteiger partial charge in [-0.2, -0.15) is 0 Å². The highest BCUT2D eigenvalue weighted by molar-refractivity contribution is 5.68. The van der Waals surface area contributed by atoms with Gasteiger partial charge in [0.25, 0.3) is 0 Å². The van der Waals surface area contributed by atoms with E-state index >= 15 is 0 Å². The maximum atomic E-state index is 11.8. The van der Waals surface area contributed by atoms with E-state index in [2.05, 4.69) is 13.8 Å². The Bertz CT molecular complexity index is 847. The van der Waals surface area contributed by atoms with E-state index in [9.17, 15) is 19.2 Å². The number of esters is 4. The van der Waals surface area contributed by atoms with Crippen LogP contribution in [0.15, 0.2) is 24.3 Å². The molecule has 10 heteroatoms. The lowest BCUT2D eigenvalue weighted by molar-refractivity contribution is -0.288. The molecule has 0 saturated carbocycles. The van der Waals surface area contributed by atoms with Gasteiger partial charge in [-0.15, -0.1) is 0 Å². The third kappa shape index (κ3) is 7.74. The van der Waals surface area contributed by atoms with Gasteiger partial charge < -0.3 is 28.4 Å². The molecule has 0 bridgehead atoms. The lowest BCUT2D eigenvalue weighted by Crippen LogP contribution is -2.63. The van der Waals surface area contributed by atoms with Gasteiger partial charge in [-0.05, 0) is 23.6 Å². The van der Waals surface area contributed by atoms with E-state index < -0.39 is 54.6 Å². The van der Waals surface area contributed by atoms with Crippen LogP contribution in [0.25, 0.3) is 0 Å². The fourth-order valence-corrected chi connectivity index (χ4v) is 3.35. The van der Waals surface area contributed by atoms with Crippen molar-refractivity contribution in [3.63, 3.8) is 0 Å². The second-order valence-electron chi connectivity index (χ2n) is 7.91. The first-order chi connectivity index (χ1) is 15.5. The quantitative estimate of drug-likeness (QED) is 0.416. The maximum absolute atomic E-state index is 11.8. The molecule has 0 N–H and O–H groups in total. The zero-order chi connectivity index (χ0) is 24.7. The lowest BCUT2D eigenvalue weighted by Gasteiger charge is -2.43. The van der Waals surface area contributed by atoms with E-state index in [1.165, 1.54) is 13.8 Å². The minimum absolute atomic E-state index is 0.310. The number of hydrogen-bond donors (Lipinski definition) is 0. The number of rotatable bonds is 8. The molecule has 1 fully saturated rings. The second kappa shape index (κ2) is 11.6. The van der Waals surface area contributed by atoms with Crippen molar-refractivity contribution in [2.45, 2.75) is 78.2 Å². The van der Waals surface area contributed by atoms with Gasteiger partial charge in [-0.1, -0.05) is 26.0 Å². The first-order valence-electron chi connectivity index (χ1n) is 10.5. The van der Waals surface area contributed by atoms with Crippen molar-refractivity contribution in [2.24, 2.45) is 0 Å². The molecule has 33 heavy (non-hydrogen) atoms. The molecule has 182 valence electrons. The highest BCUT2D eigenvalue weighted by Gasteiger charge is 2.53. The van der Waals surface area contributed by atoms with E-state index in [-0.39, 0.29) is 6.61 Å². The van der Waals surface area contributed by atoms with Crippen LogP contribution in [0, 0.1) is 0 Å². The molecule has 10 nitrogen and oxygen atoms in total. The van der Waals surface area contributed by atoms with Crippen LogP contribution in [0.1, 0.15) is 53.0 Å². The van der Waals surface area contributed by atoms with E-state index in [0.29, 0.717) is 11.7 Å². The van der Waals surface area contributed by atoms with Gasteiger partial charge in [0.15, 0.2) is 12.2 Å². The fraction of sp³-hybridized carbons (Fsp3) is 0.565. The fourth-order valence-electron chi connectivity index (χ4n) is 3.35. The molecule has 1 heterocycles. The molecule has 2 unspecified atom stereocenters. The van der Waals surface area contributed by atoms with E-state index in [1.807, 2.05) is 12.1 Å². The van der Waals surface area contributed by atoms with Crippen molar-refractivity contribution in [1.82, 2.24) is 0 Å². The zero-order valence-electron chi connectivity index (χ0n) is 19.6. The molecule has 2 rings (SSSR count). The number of carbonyl (C=O) groups excluding carboxylic acids is 4. The van der Waals surface area contributed by atoms with Crippen molar-refractivity contribution in [1.29, 1.82) is 0 Å². The summed E-state index contributed by atoms with van der Waals surface area (Å²) in [6.07, 6.45) is -6.08. The minimum Gasteiger partial charge on any atom is -0.463 e. The van der Waals surface area contributed by atoms with Gasteiger partial charge in [0.1, 0.15) is 18.5 Å². The number of hydrogen-bond acceptors (Lipinski definition) is 10. The van der Waals surface area contributed by atoms with Crippen LogP contribution in [0.4, 0.5) is 0 Å². The molecule has 0 spiro atoms. The molecule has 1 aromatic rings. The van der Waals surface area contributed by atoms with Gasteiger partial charge in [-0.3, -0.25) is 19.2 Å². The molecule has 0 radical (unpaired) electrons. The highest BCUT2D eigenvalue weighted by Crippen LogP contribution is 2.31. The Balaban J connectivity index is 2.42. The summed E-state index contributed by atoms with van der Waals surface area (Å²) in [5.41, 5.74) is 1.09. The van der Waals surface area contributed by atoms with Crippen molar-refractivity contribution in [2.75, 3.05) is 6.61 Å². The second-order valence-corrected chi connectivity index (χ2v) is 7.91.